The van der Waals surface area contributed by atoms with Crippen LogP contribution in [0.3, 0.4) is 0 Å². The molecule has 0 aliphatic rings. The van der Waals surface area contributed by atoms with Gasteiger partial charge >= 0.3 is 6.18 Å². The van der Waals surface area contributed by atoms with Crippen LogP contribution < -0.4 is 0 Å². The van der Waals surface area contributed by atoms with E-state index in [1.807, 2.05) is 0 Å². The minimum absolute atomic E-state index is 0.0436. The molecule has 126 valence electrons. The second kappa shape index (κ2) is 5.66. The van der Waals surface area contributed by atoms with Crippen LogP contribution in [-0.2, 0) is 6.18 Å². The summed E-state index contributed by atoms with van der Waals surface area (Å²) in [5.41, 5.74) is -0.843. The fourth-order valence-electron chi connectivity index (χ4n) is 2.37. The standard InChI is InChI=1S/C17H9F3N2O3/c18-17(19,20)11-5-2-1-4-10(11)12-7-8-14(24-12)16-22-21-15(25-16)13-6-3-9-23-13/h1-9H. The molecule has 0 spiro atoms. The Morgan fingerprint density at radius 2 is 1.44 bits per heavy atom. The fraction of sp³-hybridized carbons (Fsp3) is 0.0588. The van der Waals surface area contributed by atoms with E-state index in [4.69, 9.17) is 13.3 Å². The summed E-state index contributed by atoms with van der Waals surface area (Å²) in [6, 6.07) is 11.4. The molecule has 0 fully saturated rings. The van der Waals surface area contributed by atoms with Gasteiger partial charge in [-0.05, 0) is 30.3 Å². The highest BCUT2D eigenvalue weighted by molar-refractivity contribution is 5.65. The third kappa shape index (κ3) is 2.82. The molecule has 0 saturated carbocycles. The summed E-state index contributed by atoms with van der Waals surface area (Å²) in [5, 5.41) is 7.65. The lowest BCUT2D eigenvalue weighted by Gasteiger charge is -2.10. The molecule has 3 heterocycles. The van der Waals surface area contributed by atoms with Crippen LogP contribution in [-0.4, -0.2) is 10.2 Å². The van der Waals surface area contributed by atoms with Gasteiger partial charge < -0.3 is 13.3 Å². The van der Waals surface area contributed by atoms with Crippen molar-refractivity contribution in [2.24, 2.45) is 0 Å². The van der Waals surface area contributed by atoms with Gasteiger partial charge in [-0.3, -0.25) is 0 Å². The molecule has 0 bridgehead atoms. The Morgan fingerprint density at radius 3 is 2.16 bits per heavy atom. The smallest absolute Gasteiger partial charge is 0.417 e. The molecular formula is C17H9F3N2O3. The van der Waals surface area contributed by atoms with Gasteiger partial charge in [0.15, 0.2) is 11.5 Å². The molecule has 25 heavy (non-hydrogen) atoms. The molecule has 0 saturated heterocycles. The van der Waals surface area contributed by atoms with Gasteiger partial charge in [0.1, 0.15) is 5.76 Å². The van der Waals surface area contributed by atoms with Gasteiger partial charge in [0, 0.05) is 5.56 Å². The molecule has 3 aromatic heterocycles. The number of aromatic nitrogens is 2. The summed E-state index contributed by atoms with van der Waals surface area (Å²) in [7, 11) is 0. The second-order valence-corrected chi connectivity index (χ2v) is 5.10. The molecule has 1 aromatic carbocycles. The molecule has 0 amide bonds. The molecule has 8 heteroatoms. The van der Waals surface area contributed by atoms with E-state index in [1.165, 1.54) is 36.6 Å². The molecule has 0 radical (unpaired) electrons. The van der Waals surface area contributed by atoms with Gasteiger partial charge in [-0.15, -0.1) is 10.2 Å². The Morgan fingerprint density at radius 1 is 0.720 bits per heavy atom. The first-order valence-electron chi connectivity index (χ1n) is 7.16. The molecule has 5 nitrogen and oxygen atoms in total. The van der Waals surface area contributed by atoms with Crippen LogP contribution in [0.1, 0.15) is 5.56 Å². The van der Waals surface area contributed by atoms with Crippen molar-refractivity contribution in [1.82, 2.24) is 10.2 Å². The molecule has 0 N–H and O–H groups in total. The van der Waals surface area contributed by atoms with E-state index in [0.29, 0.717) is 5.76 Å². The van der Waals surface area contributed by atoms with E-state index in [1.54, 1.807) is 12.1 Å². The monoisotopic (exact) mass is 346 g/mol. The average molecular weight is 346 g/mol. The van der Waals surface area contributed by atoms with Crippen LogP contribution in [0.5, 0.6) is 0 Å². The topological polar surface area (TPSA) is 65.2 Å². The van der Waals surface area contributed by atoms with E-state index < -0.39 is 11.7 Å². The first-order valence-corrected chi connectivity index (χ1v) is 7.16. The third-order valence-electron chi connectivity index (χ3n) is 3.47. The molecule has 0 atom stereocenters. The van der Waals surface area contributed by atoms with Gasteiger partial charge in [0.2, 0.25) is 0 Å². The number of benzene rings is 1. The van der Waals surface area contributed by atoms with Crippen molar-refractivity contribution in [2.75, 3.05) is 0 Å². The van der Waals surface area contributed by atoms with Gasteiger partial charge in [-0.2, -0.15) is 13.2 Å². The molecule has 4 aromatic rings. The number of alkyl halides is 3. The zero-order chi connectivity index (χ0) is 17.4. The average Bonchev–Trinajstić information content (AvgIpc) is 3.33. The SMILES string of the molecule is FC(F)(F)c1ccccc1-c1ccc(-c2nnc(-c3ccco3)o2)o1. The lowest BCUT2D eigenvalue weighted by molar-refractivity contribution is -0.137. The number of furan rings is 2. The lowest BCUT2D eigenvalue weighted by Crippen LogP contribution is -2.06. The van der Waals surface area contributed by atoms with Gasteiger partial charge in [0.25, 0.3) is 11.8 Å². The van der Waals surface area contributed by atoms with Crippen LogP contribution >= 0.6 is 0 Å². The van der Waals surface area contributed by atoms with Gasteiger partial charge in [-0.25, -0.2) is 0 Å². The van der Waals surface area contributed by atoms with Crippen molar-refractivity contribution in [3.8, 4) is 34.6 Å². The first kappa shape index (κ1) is 15.3. The predicted octanol–water partition coefficient (Wildman–Crippen LogP) is 5.28. The summed E-state index contributed by atoms with van der Waals surface area (Å²) in [6.45, 7) is 0. The fourth-order valence-corrected chi connectivity index (χ4v) is 2.37. The summed E-state index contributed by atoms with van der Waals surface area (Å²) >= 11 is 0. The lowest BCUT2D eigenvalue weighted by atomic mass is 10.1. The van der Waals surface area contributed by atoms with Crippen molar-refractivity contribution in [3.05, 3.63) is 60.4 Å². The molecule has 0 aliphatic carbocycles. The Labute approximate surface area is 138 Å². The zero-order valence-electron chi connectivity index (χ0n) is 12.4. The Balaban J connectivity index is 1.70. The zero-order valence-corrected chi connectivity index (χ0v) is 12.4. The molecule has 0 aliphatic heterocycles. The number of nitrogens with zero attached hydrogens (tertiary/aromatic N) is 2. The van der Waals surface area contributed by atoms with E-state index >= 15 is 0 Å². The third-order valence-corrected chi connectivity index (χ3v) is 3.47. The maximum Gasteiger partial charge on any atom is 0.417 e. The minimum atomic E-state index is -4.49. The van der Waals surface area contributed by atoms with Crippen LogP contribution in [0.15, 0.2) is 68.0 Å². The van der Waals surface area contributed by atoms with Crippen molar-refractivity contribution < 1.29 is 26.4 Å². The molecular weight excluding hydrogens is 337 g/mol. The quantitative estimate of drug-likeness (QED) is 0.505. The summed E-state index contributed by atoms with van der Waals surface area (Å²) in [4.78, 5) is 0. The van der Waals surface area contributed by atoms with E-state index in [2.05, 4.69) is 10.2 Å². The Kier molecular flexibility index (Phi) is 3.45. The van der Waals surface area contributed by atoms with E-state index in [0.717, 1.165) is 6.07 Å². The number of hydrogen-bond donors (Lipinski definition) is 0. The van der Waals surface area contributed by atoms with E-state index in [9.17, 15) is 13.2 Å². The largest absolute Gasteiger partial charge is 0.459 e. The van der Waals surface area contributed by atoms with Crippen LogP contribution in [0.4, 0.5) is 13.2 Å². The highest BCUT2D eigenvalue weighted by Crippen LogP contribution is 2.38. The van der Waals surface area contributed by atoms with Gasteiger partial charge in [-0.1, -0.05) is 18.2 Å². The highest BCUT2D eigenvalue weighted by Gasteiger charge is 2.34. The Bertz CT molecular complexity index is 1000. The van der Waals surface area contributed by atoms with Crippen molar-refractivity contribution in [1.29, 1.82) is 0 Å². The van der Waals surface area contributed by atoms with Crippen LogP contribution in [0.25, 0.3) is 34.6 Å². The van der Waals surface area contributed by atoms with Crippen molar-refractivity contribution in [3.63, 3.8) is 0 Å². The number of rotatable bonds is 3. The first-order chi connectivity index (χ1) is 12.0. The maximum absolute atomic E-state index is 13.1. The predicted molar refractivity (Wildman–Crippen MR) is 80.1 cm³/mol. The van der Waals surface area contributed by atoms with Crippen LogP contribution in [0.2, 0.25) is 0 Å². The second-order valence-electron chi connectivity index (χ2n) is 5.10. The molecule has 0 unspecified atom stereocenters. The normalized spacial score (nSPS) is 11.8. The van der Waals surface area contributed by atoms with E-state index in [-0.39, 0.29) is 28.9 Å². The highest BCUT2D eigenvalue weighted by atomic mass is 19.4. The summed E-state index contributed by atoms with van der Waals surface area (Å²) in [5.74, 6) is 0.793. The minimum Gasteiger partial charge on any atom is -0.459 e. The maximum atomic E-state index is 13.1. The molecule has 4 rings (SSSR count). The number of hydrogen-bond acceptors (Lipinski definition) is 5. The van der Waals surface area contributed by atoms with Gasteiger partial charge in [0.05, 0.1) is 11.8 Å². The van der Waals surface area contributed by atoms with Crippen LogP contribution in [0, 0.1) is 0 Å². The summed E-state index contributed by atoms with van der Waals surface area (Å²) in [6.07, 6.45) is -3.03. The van der Waals surface area contributed by atoms with Crippen molar-refractivity contribution >= 4 is 0 Å². The Hall–Kier alpha value is -3.29. The summed E-state index contributed by atoms with van der Waals surface area (Å²) < 4.78 is 55.5. The number of halogens is 3. The van der Waals surface area contributed by atoms with Crippen molar-refractivity contribution in [2.45, 2.75) is 6.18 Å².